The predicted molar refractivity (Wildman–Crippen MR) is 141 cm³/mol. The molecule has 7 nitrogen and oxygen atoms in total. The highest BCUT2D eigenvalue weighted by Crippen LogP contribution is 2.19. The van der Waals surface area contributed by atoms with Crippen LogP contribution in [-0.4, -0.2) is 50.0 Å². The zero-order chi connectivity index (χ0) is 24.7. The van der Waals surface area contributed by atoms with Gasteiger partial charge in [-0.2, -0.15) is 4.31 Å². The molecule has 0 aliphatic carbocycles. The molecule has 0 atom stereocenters. The molecule has 1 aliphatic heterocycles. The molecule has 1 aromatic rings. The standard InChI is InChI=1S/C25H41N3O4S2/c1-2-3-4-5-6-7-8-9-10-11-12-13-24(29)27-25(33)26-22-14-16-23(17-15-22)34(30,31)28-18-20-32-21-19-28/h14-17H,2-13,18-21H2,1H3,(H2,26,27,29,33). The fourth-order valence-corrected chi connectivity index (χ4v) is 5.59. The third kappa shape index (κ3) is 10.8. The van der Waals surface area contributed by atoms with Crippen LogP contribution in [0, 0.1) is 0 Å². The molecular weight excluding hydrogens is 470 g/mol. The van der Waals surface area contributed by atoms with Crippen LogP contribution in [0.1, 0.15) is 84.0 Å². The van der Waals surface area contributed by atoms with Crippen LogP contribution in [0.15, 0.2) is 29.2 Å². The van der Waals surface area contributed by atoms with Crippen LogP contribution in [-0.2, 0) is 19.6 Å². The highest BCUT2D eigenvalue weighted by Gasteiger charge is 2.26. The van der Waals surface area contributed by atoms with Gasteiger partial charge in [0.2, 0.25) is 15.9 Å². The summed E-state index contributed by atoms with van der Waals surface area (Å²) in [6, 6.07) is 6.39. The quantitative estimate of drug-likeness (QED) is 0.248. The molecule has 0 unspecified atom stereocenters. The van der Waals surface area contributed by atoms with E-state index >= 15 is 0 Å². The molecule has 0 aromatic heterocycles. The van der Waals surface area contributed by atoms with E-state index in [1.807, 2.05) is 0 Å². The number of unbranched alkanes of at least 4 members (excludes halogenated alkanes) is 10. The van der Waals surface area contributed by atoms with Crippen molar-refractivity contribution in [2.24, 2.45) is 0 Å². The number of nitrogens with one attached hydrogen (secondary N) is 2. The summed E-state index contributed by atoms with van der Waals surface area (Å²) in [5.41, 5.74) is 0.626. The number of hydrogen-bond acceptors (Lipinski definition) is 5. The third-order valence-electron chi connectivity index (χ3n) is 5.98. The maximum atomic E-state index is 12.7. The smallest absolute Gasteiger partial charge is 0.243 e. The van der Waals surface area contributed by atoms with Gasteiger partial charge in [-0.05, 0) is 42.9 Å². The normalized spacial score (nSPS) is 14.6. The van der Waals surface area contributed by atoms with Crippen LogP contribution >= 0.6 is 12.2 Å². The summed E-state index contributed by atoms with van der Waals surface area (Å²) in [4.78, 5) is 12.4. The average Bonchev–Trinajstić information content (AvgIpc) is 2.83. The number of sulfonamides is 1. The second-order valence-corrected chi connectivity index (χ2v) is 11.2. The summed E-state index contributed by atoms with van der Waals surface area (Å²) in [5, 5.41) is 5.87. The Balaban J connectivity index is 1.59. The number of hydrogen-bond donors (Lipinski definition) is 2. The molecular formula is C25H41N3O4S2. The molecule has 1 heterocycles. The van der Waals surface area contributed by atoms with Crippen molar-refractivity contribution in [3.63, 3.8) is 0 Å². The van der Waals surface area contributed by atoms with Crippen LogP contribution in [0.3, 0.4) is 0 Å². The second-order valence-electron chi connectivity index (χ2n) is 8.83. The second kappa shape index (κ2) is 16.2. The number of ether oxygens (including phenoxy) is 1. The van der Waals surface area contributed by atoms with Gasteiger partial charge in [0.25, 0.3) is 0 Å². The van der Waals surface area contributed by atoms with E-state index in [1.54, 1.807) is 24.3 Å². The van der Waals surface area contributed by atoms with Crippen molar-refractivity contribution < 1.29 is 17.9 Å². The first-order valence-electron chi connectivity index (χ1n) is 12.7. The number of morpholine rings is 1. The lowest BCUT2D eigenvalue weighted by Crippen LogP contribution is -2.40. The van der Waals surface area contributed by atoms with E-state index in [0.29, 0.717) is 38.4 Å². The Morgan fingerprint density at radius 3 is 2.00 bits per heavy atom. The molecule has 0 saturated carbocycles. The number of nitrogens with zero attached hydrogens (tertiary/aromatic N) is 1. The van der Waals surface area contributed by atoms with Crippen molar-refractivity contribution in [3.8, 4) is 0 Å². The van der Waals surface area contributed by atoms with Crippen molar-refractivity contribution in [1.82, 2.24) is 9.62 Å². The van der Waals surface area contributed by atoms with Crippen molar-refractivity contribution >= 4 is 38.9 Å². The Bertz CT molecular complexity index is 838. The average molecular weight is 512 g/mol. The molecule has 9 heteroatoms. The van der Waals surface area contributed by atoms with Crippen LogP contribution in [0.2, 0.25) is 0 Å². The molecule has 1 fully saturated rings. The van der Waals surface area contributed by atoms with Gasteiger partial charge in [-0.25, -0.2) is 8.42 Å². The van der Waals surface area contributed by atoms with Gasteiger partial charge in [-0.15, -0.1) is 0 Å². The maximum Gasteiger partial charge on any atom is 0.243 e. The Kier molecular flexibility index (Phi) is 13.7. The summed E-state index contributed by atoms with van der Waals surface area (Å²) >= 11 is 5.22. The molecule has 2 rings (SSSR count). The topological polar surface area (TPSA) is 87.7 Å². The number of anilines is 1. The van der Waals surface area contributed by atoms with E-state index in [-0.39, 0.29) is 15.9 Å². The van der Waals surface area contributed by atoms with Crippen molar-refractivity contribution in [3.05, 3.63) is 24.3 Å². The molecule has 0 bridgehead atoms. The first kappa shape index (κ1) is 28.7. The van der Waals surface area contributed by atoms with Gasteiger partial charge in [0.1, 0.15) is 0 Å². The highest BCUT2D eigenvalue weighted by atomic mass is 32.2. The summed E-state index contributed by atoms with van der Waals surface area (Å²) < 4.78 is 32.0. The SMILES string of the molecule is CCCCCCCCCCCCCC(=O)NC(=S)Nc1ccc(S(=O)(=O)N2CCOCC2)cc1. The minimum absolute atomic E-state index is 0.0973. The van der Waals surface area contributed by atoms with Crippen LogP contribution in [0.4, 0.5) is 5.69 Å². The first-order chi connectivity index (χ1) is 16.4. The lowest BCUT2D eigenvalue weighted by atomic mass is 10.1. The van der Waals surface area contributed by atoms with E-state index in [9.17, 15) is 13.2 Å². The zero-order valence-corrected chi connectivity index (χ0v) is 22.2. The fourth-order valence-electron chi connectivity index (χ4n) is 3.95. The number of rotatable bonds is 15. The number of benzene rings is 1. The van der Waals surface area contributed by atoms with Gasteiger partial charge in [0.05, 0.1) is 18.1 Å². The Morgan fingerprint density at radius 2 is 1.44 bits per heavy atom. The first-order valence-corrected chi connectivity index (χ1v) is 14.6. The van der Waals surface area contributed by atoms with E-state index in [0.717, 1.165) is 12.8 Å². The molecule has 1 aliphatic rings. The van der Waals surface area contributed by atoms with E-state index in [4.69, 9.17) is 17.0 Å². The largest absolute Gasteiger partial charge is 0.379 e. The van der Waals surface area contributed by atoms with E-state index in [1.165, 1.54) is 62.1 Å². The minimum Gasteiger partial charge on any atom is -0.379 e. The molecule has 34 heavy (non-hydrogen) atoms. The van der Waals surface area contributed by atoms with Gasteiger partial charge in [-0.1, -0.05) is 71.1 Å². The predicted octanol–water partition coefficient (Wildman–Crippen LogP) is 5.22. The van der Waals surface area contributed by atoms with Crippen molar-refractivity contribution in [2.75, 3.05) is 31.6 Å². The van der Waals surface area contributed by atoms with Crippen LogP contribution in [0.25, 0.3) is 0 Å². The van der Waals surface area contributed by atoms with Crippen LogP contribution < -0.4 is 10.6 Å². The van der Waals surface area contributed by atoms with E-state index in [2.05, 4.69) is 17.6 Å². The summed E-state index contributed by atoms with van der Waals surface area (Å²) in [6.07, 6.45) is 14.1. The number of carbonyl (C=O) groups excluding carboxylic acids is 1. The molecule has 192 valence electrons. The number of carbonyl (C=O) groups is 1. The van der Waals surface area contributed by atoms with E-state index < -0.39 is 10.0 Å². The Hall–Kier alpha value is -1.55. The number of amides is 1. The highest BCUT2D eigenvalue weighted by molar-refractivity contribution is 7.89. The maximum absolute atomic E-state index is 12.7. The fraction of sp³-hybridized carbons (Fsp3) is 0.680. The molecule has 1 aromatic carbocycles. The lowest BCUT2D eigenvalue weighted by Gasteiger charge is -2.26. The Labute approximate surface area is 211 Å². The zero-order valence-electron chi connectivity index (χ0n) is 20.5. The number of thiocarbonyl (C=S) groups is 1. The summed E-state index contributed by atoms with van der Waals surface area (Å²) in [6.45, 7) is 3.78. The lowest BCUT2D eigenvalue weighted by molar-refractivity contribution is -0.119. The van der Waals surface area contributed by atoms with Gasteiger partial charge < -0.3 is 15.4 Å². The van der Waals surface area contributed by atoms with Crippen molar-refractivity contribution in [1.29, 1.82) is 0 Å². The van der Waals surface area contributed by atoms with Gasteiger partial charge in [-0.3, -0.25) is 4.79 Å². The van der Waals surface area contributed by atoms with Gasteiger partial charge in [0.15, 0.2) is 5.11 Å². The van der Waals surface area contributed by atoms with Crippen LogP contribution in [0.5, 0.6) is 0 Å². The third-order valence-corrected chi connectivity index (χ3v) is 8.10. The molecule has 0 spiro atoms. The Morgan fingerprint density at radius 1 is 0.912 bits per heavy atom. The van der Waals surface area contributed by atoms with Gasteiger partial charge in [0, 0.05) is 25.2 Å². The van der Waals surface area contributed by atoms with Crippen molar-refractivity contribution in [2.45, 2.75) is 88.9 Å². The van der Waals surface area contributed by atoms with Gasteiger partial charge >= 0.3 is 0 Å². The summed E-state index contributed by atoms with van der Waals surface area (Å²) in [5.74, 6) is -0.0973. The molecule has 2 N–H and O–H groups in total. The molecule has 1 saturated heterocycles. The monoisotopic (exact) mass is 511 g/mol. The molecule has 0 radical (unpaired) electrons. The minimum atomic E-state index is -3.53. The summed E-state index contributed by atoms with van der Waals surface area (Å²) in [7, 11) is -3.53. The molecule has 1 amide bonds.